The van der Waals surface area contributed by atoms with Gasteiger partial charge in [0.05, 0.1) is 22.0 Å². The van der Waals surface area contributed by atoms with Crippen LogP contribution in [0.5, 0.6) is 0 Å². The number of hydrazone groups is 1. The molecule has 4 nitrogen and oxygen atoms in total. The molecule has 1 unspecified atom stereocenters. The van der Waals surface area contributed by atoms with Crippen molar-refractivity contribution in [3.63, 3.8) is 0 Å². The fourth-order valence-corrected chi connectivity index (χ4v) is 3.58. The van der Waals surface area contributed by atoms with Crippen molar-refractivity contribution >= 4 is 23.0 Å². The van der Waals surface area contributed by atoms with Crippen molar-refractivity contribution in [1.29, 1.82) is 0 Å². The van der Waals surface area contributed by atoms with Crippen LogP contribution >= 0.6 is 11.3 Å². The largest absolute Gasteiger partial charge is 0.410 e. The lowest BCUT2D eigenvalue weighted by Gasteiger charge is -2.22. The SMILES string of the molecule is C=CCC(F)(F)CN(C)C(=O)c1ccc(C2=NN(C)C(C(F)(F)F)C2)s1. The van der Waals surface area contributed by atoms with Gasteiger partial charge in [-0.2, -0.15) is 18.3 Å². The molecule has 2 heterocycles. The zero-order valence-electron chi connectivity index (χ0n) is 14.2. The first-order valence-corrected chi connectivity index (χ1v) is 8.47. The molecule has 0 radical (unpaired) electrons. The number of alkyl halides is 5. The third kappa shape index (κ3) is 4.60. The van der Waals surface area contributed by atoms with Crippen LogP contribution in [0, 0.1) is 0 Å². The number of halogens is 5. The maximum atomic E-state index is 13.6. The van der Waals surface area contributed by atoms with Crippen LogP contribution in [0.1, 0.15) is 27.4 Å². The predicted molar refractivity (Wildman–Crippen MR) is 89.8 cm³/mol. The zero-order chi connectivity index (χ0) is 19.7. The molecule has 0 spiro atoms. The molecule has 0 aliphatic carbocycles. The number of carbonyl (C=O) groups excluding carboxylic acids is 1. The maximum absolute atomic E-state index is 13.6. The maximum Gasteiger partial charge on any atom is 0.410 e. The highest BCUT2D eigenvalue weighted by Gasteiger charge is 2.46. The Bertz CT molecular complexity index is 713. The summed E-state index contributed by atoms with van der Waals surface area (Å²) in [5, 5.41) is 4.74. The van der Waals surface area contributed by atoms with E-state index in [0.29, 0.717) is 4.88 Å². The number of rotatable bonds is 6. The van der Waals surface area contributed by atoms with E-state index in [-0.39, 0.29) is 17.0 Å². The van der Waals surface area contributed by atoms with Crippen molar-refractivity contribution in [2.24, 2.45) is 5.10 Å². The Morgan fingerprint density at radius 3 is 2.62 bits per heavy atom. The minimum absolute atomic E-state index is 0.165. The van der Waals surface area contributed by atoms with Crippen LogP contribution in [-0.4, -0.2) is 60.3 Å². The summed E-state index contributed by atoms with van der Waals surface area (Å²) in [6, 6.07) is 1.19. The highest BCUT2D eigenvalue weighted by atomic mass is 32.1. The zero-order valence-corrected chi connectivity index (χ0v) is 15.0. The number of carbonyl (C=O) groups is 1. The van der Waals surface area contributed by atoms with E-state index in [9.17, 15) is 26.7 Å². The van der Waals surface area contributed by atoms with Crippen molar-refractivity contribution in [2.45, 2.75) is 31.0 Å². The Morgan fingerprint density at radius 1 is 1.42 bits per heavy atom. The van der Waals surface area contributed by atoms with Crippen LogP contribution < -0.4 is 0 Å². The van der Waals surface area contributed by atoms with E-state index in [4.69, 9.17) is 0 Å². The van der Waals surface area contributed by atoms with Crippen molar-refractivity contribution < 1.29 is 26.7 Å². The number of thiophene rings is 1. The van der Waals surface area contributed by atoms with E-state index < -0.39 is 37.0 Å². The summed E-state index contributed by atoms with van der Waals surface area (Å²) in [5.74, 6) is -3.71. The van der Waals surface area contributed by atoms with Gasteiger partial charge in [0, 0.05) is 26.9 Å². The molecular weight excluding hydrogens is 377 g/mol. The second-order valence-electron chi connectivity index (χ2n) is 6.06. The Labute approximate surface area is 151 Å². The van der Waals surface area contributed by atoms with E-state index in [1.807, 2.05) is 0 Å². The van der Waals surface area contributed by atoms with Gasteiger partial charge in [0.2, 0.25) is 0 Å². The molecule has 0 bridgehead atoms. The third-order valence-electron chi connectivity index (χ3n) is 3.85. The molecule has 144 valence electrons. The molecule has 10 heteroatoms. The highest BCUT2D eigenvalue weighted by Crippen LogP contribution is 2.33. The molecule has 1 atom stereocenters. The van der Waals surface area contributed by atoms with Gasteiger partial charge < -0.3 is 4.90 Å². The van der Waals surface area contributed by atoms with Gasteiger partial charge in [-0.1, -0.05) is 6.08 Å². The van der Waals surface area contributed by atoms with E-state index in [0.717, 1.165) is 27.3 Å². The van der Waals surface area contributed by atoms with Crippen LogP contribution in [0.15, 0.2) is 29.9 Å². The molecule has 2 rings (SSSR count). The predicted octanol–water partition coefficient (Wildman–Crippen LogP) is 4.00. The molecule has 0 fully saturated rings. The second kappa shape index (κ2) is 7.34. The first-order valence-electron chi connectivity index (χ1n) is 7.66. The lowest BCUT2D eigenvalue weighted by atomic mass is 10.1. The van der Waals surface area contributed by atoms with Gasteiger partial charge in [-0.15, -0.1) is 17.9 Å². The van der Waals surface area contributed by atoms with Gasteiger partial charge >= 0.3 is 6.18 Å². The van der Waals surface area contributed by atoms with Gasteiger partial charge in [0.1, 0.15) is 6.04 Å². The fourth-order valence-electron chi connectivity index (χ4n) is 2.58. The number of hydrogen-bond acceptors (Lipinski definition) is 4. The van der Waals surface area contributed by atoms with E-state index in [2.05, 4.69) is 11.7 Å². The van der Waals surface area contributed by atoms with E-state index >= 15 is 0 Å². The number of nitrogens with zero attached hydrogens (tertiary/aromatic N) is 3. The average molecular weight is 395 g/mol. The molecule has 0 saturated carbocycles. The topological polar surface area (TPSA) is 35.9 Å². The van der Waals surface area contributed by atoms with Gasteiger partial charge in [-0.25, -0.2) is 8.78 Å². The normalized spacial score (nSPS) is 18.0. The first-order chi connectivity index (χ1) is 11.9. The molecule has 1 aromatic rings. The Kier molecular flexibility index (Phi) is 5.74. The fraction of sp³-hybridized carbons (Fsp3) is 0.500. The molecule has 1 aliphatic heterocycles. The number of allylic oxidation sites excluding steroid dienone is 1. The average Bonchev–Trinajstić information content (AvgIpc) is 3.11. The van der Waals surface area contributed by atoms with E-state index in [1.54, 1.807) is 0 Å². The molecule has 1 aliphatic rings. The van der Waals surface area contributed by atoms with Gasteiger partial charge in [-0.05, 0) is 12.1 Å². The van der Waals surface area contributed by atoms with Crippen molar-refractivity contribution in [1.82, 2.24) is 9.91 Å². The molecule has 0 N–H and O–H groups in total. The summed E-state index contributed by atoms with van der Waals surface area (Å²) >= 11 is 0.940. The lowest BCUT2D eigenvalue weighted by molar-refractivity contribution is -0.174. The summed E-state index contributed by atoms with van der Waals surface area (Å²) in [7, 11) is 2.49. The molecule has 26 heavy (non-hydrogen) atoms. The van der Waals surface area contributed by atoms with Crippen LogP contribution in [0.3, 0.4) is 0 Å². The second-order valence-corrected chi connectivity index (χ2v) is 7.14. The van der Waals surface area contributed by atoms with Crippen LogP contribution in [0.25, 0.3) is 0 Å². The van der Waals surface area contributed by atoms with E-state index in [1.165, 1.54) is 26.2 Å². The highest BCUT2D eigenvalue weighted by molar-refractivity contribution is 7.16. The molecule has 1 amide bonds. The molecular formula is C16H18F5N3OS. The van der Waals surface area contributed by atoms with Crippen LogP contribution in [-0.2, 0) is 0 Å². The summed E-state index contributed by atoms with van der Waals surface area (Å²) < 4.78 is 65.9. The molecule has 0 aromatic carbocycles. The lowest BCUT2D eigenvalue weighted by Crippen LogP contribution is -2.37. The number of hydrogen-bond donors (Lipinski definition) is 0. The van der Waals surface area contributed by atoms with Gasteiger partial charge in [0.15, 0.2) is 0 Å². The summed E-state index contributed by atoms with van der Waals surface area (Å²) in [4.78, 5) is 13.8. The minimum atomic E-state index is -4.41. The van der Waals surface area contributed by atoms with Crippen molar-refractivity contribution in [3.8, 4) is 0 Å². The Balaban J connectivity index is 2.09. The minimum Gasteiger partial charge on any atom is -0.335 e. The molecule has 0 saturated heterocycles. The Morgan fingerprint density at radius 2 is 2.08 bits per heavy atom. The standard InChI is InChI=1S/C16H18F5N3OS/c1-4-7-15(17,18)9-23(2)14(25)12-6-5-11(26-12)10-8-13(16(19,20)21)24(3)22-10/h4-6,13H,1,7-9H2,2-3H3. The number of amides is 1. The van der Waals surface area contributed by atoms with Gasteiger partial charge in [-0.3, -0.25) is 9.80 Å². The quantitative estimate of drug-likeness (QED) is 0.539. The van der Waals surface area contributed by atoms with Crippen LogP contribution in [0.4, 0.5) is 22.0 Å². The van der Waals surface area contributed by atoms with Crippen LogP contribution in [0.2, 0.25) is 0 Å². The van der Waals surface area contributed by atoms with Crippen molar-refractivity contribution in [2.75, 3.05) is 20.6 Å². The van der Waals surface area contributed by atoms with Gasteiger partial charge in [0.25, 0.3) is 11.8 Å². The summed E-state index contributed by atoms with van der Waals surface area (Å²) in [6.07, 6.45) is -4.20. The summed E-state index contributed by atoms with van der Waals surface area (Å²) in [6.45, 7) is 2.48. The third-order valence-corrected chi connectivity index (χ3v) is 4.98. The monoisotopic (exact) mass is 395 g/mol. The molecule has 1 aromatic heterocycles. The van der Waals surface area contributed by atoms with Crippen molar-refractivity contribution in [3.05, 3.63) is 34.5 Å². The summed E-state index contributed by atoms with van der Waals surface area (Å²) in [5.41, 5.74) is 0.221. The Hall–Kier alpha value is -1.97. The smallest absolute Gasteiger partial charge is 0.335 e. The first kappa shape index (κ1) is 20.3.